The monoisotopic (exact) mass is 540 g/mol. The van der Waals surface area contributed by atoms with Crippen LogP contribution in [0.5, 0.6) is 5.88 Å². The van der Waals surface area contributed by atoms with E-state index in [0.29, 0.717) is 47.4 Å². The molecule has 0 aliphatic heterocycles. The number of H-pyrrole nitrogens is 1. The maximum Gasteiger partial charge on any atom is 0.251 e. The largest absolute Gasteiger partial charge is 0.474 e. The smallest absolute Gasteiger partial charge is 0.251 e. The lowest BCUT2D eigenvalue weighted by molar-refractivity contribution is -0.0114. The number of aromatic nitrogens is 4. The Bertz CT molecular complexity index is 1730. The lowest BCUT2D eigenvalue weighted by atomic mass is 9.85. The lowest BCUT2D eigenvalue weighted by Gasteiger charge is -2.33. The summed E-state index contributed by atoms with van der Waals surface area (Å²) in [6.45, 7) is 5.62. The minimum Gasteiger partial charge on any atom is -0.474 e. The highest BCUT2D eigenvalue weighted by molar-refractivity contribution is 5.99. The van der Waals surface area contributed by atoms with Gasteiger partial charge >= 0.3 is 0 Å². The number of hydrogen-bond acceptors (Lipinski definition) is 8. The first-order chi connectivity index (χ1) is 19.2. The number of rotatable bonds is 6. The van der Waals surface area contributed by atoms with Gasteiger partial charge in [-0.25, -0.2) is 4.98 Å². The number of fused-ring (bicyclic) bond motifs is 2. The summed E-state index contributed by atoms with van der Waals surface area (Å²) in [6, 6.07) is 11.3. The van der Waals surface area contributed by atoms with Crippen molar-refractivity contribution in [1.82, 2.24) is 25.3 Å². The van der Waals surface area contributed by atoms with E-state index in [0.717, 1.165) is 46.1 Å². The van der Waals surface area contributed by atoms with Gasteiger partial charge in [-0.05, 0) is 81.0 Å². The molecule has 0 atom stereocenters. The number of nitrogens with one attached hydrogen (secondary N) is 3. The van der Waals surface area contributed by atoms with Crippen LogP contribution in [0.2, 0.25) is 0 Å². The summed E-state index contributed by atoms with van der Waals surface area (Å²) in [5.74, 6) is 1.30. The number of nitrogens with zero attached hydrogens (tertiary/aromatic N) is 3. The highest BCUT2D eigenvalue weighted by atomic mass is 16.5. The molecule has 3 heterocycles. The standard InChI is InChI=1S/C30H32N6O4/c1-16-13-19(27(37)31-4)6-7-22(16)34-29-35-26-25(28(36-29)40-20-9-11-30(3,38)12-10-20)21(15-32-26)18-5-8-23-24(14-18)39-17(2)33-23/h5-8,13-15,20,38H,9-12H2,1-4H3,(H,31,37)(H2,32,34,35,36)/t20-,30-. The van der Waals surface area contributed by atoms with Gasteiger partial charge < -0.3 is 29.9 Å². The average Bonchev–Trinajstić information content (AvgIpc) is 3.52. The van der Waals surface area contributed by atoms with Crippen LogP contribution in [0.1, 0.15) is 54.4 Å². The zero-order valence-corrected chi connectivity index (χ0v) is 23.0. The summed E-state index contributed by atoms with van der Waals surface area (Å²) >= 11 is 0. The van der Waals surface area contributed by atoms with Gasteiger partial charge in [0, 0.05) is 37.0 Å². The van der Waals surface area contributed by atoms with Gasteiger partial charge in [-0.15, -0.1) is 0 Å². The lowest BCUT2D eigenvalue weighted by Crippen LogP contribution is -2.35. The molecule has 4 N–H and O–H groups in total. The van der Waals surface area contributed by atoms with Crippen LogP contribution < -0.4 is 15.4 Å². The molecule has 6 rings (SSSR count). The maximum atomic E-state index is 12.0. The van der Waals surface area contributed by atoms with E-state index in [9.17, 15) is 9.90 Å². The molecular weight excluding hydrogens is 508 g/mol. The van der Waals surface area contributed by atoms with Crippen molar-refractivity contribution >= 4 is 39.7 Å². The van der Waals surface area contributed by atoms with E-state index in [4.69, 9.17) is 19.1 Å². The number of carbonyl (C=O) groups excluding carboxylic acids is 1. The summed E-state index contributed by atoms with van der Waals surface area (Å²) in [7, 11) is 1.61. The number of amides is 1. The fourth-order valence-corrected chi connectivity index (χ4v) is 5.28. The Balaban J connectivity index is 1.40. The van der Waals surface area contributed by atoms with Crippen molar-refractivity contribution in [2.24, 2.45) is 0 Å². The van der Waals surface area contributed by atoms with Gasteiger partial charge in [-0.1, -0.05) is 6.07 Å². The van der Waals surface area contributed by atoms with Crippen molar-refractivity contribution < 1.29 is 19.1 Å². The molecule has 3 aromatic heterocycles. The van der Waals surface area contributed by atoms with E-state index in [1.165, 1.54) is 0 Å². The zero-order valence-electron chi connectivity index (χ0n) is 23.0. The molecule has 2 aromatic carbocycles. The van der Waals surface area contributed by atoms with Crippen LogP contribution in [0.3, 0.4) is 0 Å². The van der Waals surface area contributed by atoms with Gasteiger partial charge in [-0.2, -0.15) is 9.97 Å². The molecule has 1 saturated carbocycles. The second kappa shape index (κ2) is 9.95. The first-order valence-corrected chi connectivity index (χ1v) is 13.4. The fourth-order valence-electron chi connectivity index (χ4n) is 5.28. The molecule has 0 spiro atoms. The Hall–Kier alpha value is -4.44. The molecule has 1 fully saturated rings. The predicted molar refractivity (Wildman–Crippen MR) is 153 cm³/mol. The van der Waals surface area contributed by atoms with Crippen molar-refractivity contribution in [3.63, 3.8) is 0 Å². The summed E-state index contributed by atoms with van der Waals surface area (Å²) in [6.07, 6.45) is 4.59. The van der Waals surface area contributed by atoms with Crippen molar-refractivity contribution in [3.05, 3.63) is 59.6 Å². The number of anilines is 2. The van der Waals surface area contributed by atoms with Crippen LogP contribution in [0.4, 0.5) is 11.6 Å². The number of hydrogen-bond donors (Lipinski definition) is 4. The Morgan fingerprint density at radius 3 is 2.67 bits per heavy atom. The topological polar surface area (TPSA) is 138 Å². The number of aryl methyl sites for hydroxylation is 2. The van der Waals surface area contributed by atoms with E-state index >= 15 is 0 Å². The van der Waals surface area contributed by atoms with Gasteiger partial charge in [0.1, 0.15) is 17.3 Å². The first-order valence-electron chi connectivity index (χ1n) is 13.4. The van der Waals surface area contributed by atoms with Crippen molar-refractivity contribution in [1.29, 1.82) is 0 Å². The Labute approximate surface area is 231 Å². The Morgan fingerprint density at radius 1 is 1.12 bits per heavy atom. The van der Waals surface area contributed by atoms with E-state index in [1.54, 1.807) is 13.1 Å². The molecule has 1 aliphatic carbocycles. The second-order valence-corrected chi connectivity index (χ2v) is 10.7. The van der Waals surface area contributed by atoms with Crippen molar-refractivity contribution in [3.8, 4) is 17.0 Å². The van der Waals surface area contributed by atoms with Crippen molar-refractivity contribution in [2.45, 2.75) is 58.2 Å². The molecule has 1 amide bonds. The van der Waals surface area contributed by atoms with Crippen LogP contribution in [0, 0.1) is 13.8 Å². The Morgan fingerprint density at radius 2 is 1.93 bits per heavy atom. The molecule has 0 unspecified atom stereocenters. The number of aliphatic hydroxyl groups is 1. The molecule has 0 bridgehead atoms. The summed E-state index contributed by atoms with van der Waals surface area (Å²) < 4.78 is 12.3. The molecule has 5 aromatic rings. The maximum absolute atomic E-state index is 12.0. The van der Waals surface area contributed by atoms with E-state index in [-0.39, 0.29) is 12.0 Å². The third kappa shape index (κ3) is 4.98. The first kappa shape index (κ1) is 25.8. The van der Waals surface area contributed by atoms with E-state index in [2.05, 4.69) is 20.6 Å². The summed E-state index contributed by atoms with van der Waals surface area (Å²) in [5.41, 5.74) is 5.51. The fraction of sp³-hybridized carbons (Fsp3) is 0.333. The van der Waals surface area contributed by atoms with Crippen LogP contribution in [0.15, 0.2) is 47.0 Å². The third-order valence-electron chi connectivity index (χ3n) is 7.55. The molecular formula is C30H32N6O4. The summed E-state index contributed by atoms with van der Waals surface area (Å²) in [5, 5.41) is 17.2. The number of carbonyl (C=O) groups is 1. The molecule has 40 heavy (non-hydrogen) atoms. The third-order valence-corrected chi connectivity index (χ3v) is 7.55. The number of oxazole rings is 1. The minimum atomic E-state index is -0.671. The Kier molecular flexibility index (Phi) is 6.42. The van der Waals surface area contributed by atoms with Crippen LogP contribution in [-0.4, -0.2) is 49.7 Å². The average molecular weight is 541 g/mol. The van der Waals surface area contributed by atoms with Gasteiger partial charge in [-0.3, -0.25) is 4.79 Å². The van der Waals surface area contributed by atoms with Crippen molar-refractivity contribution in [2.75, 3.05) is 12.4 Å². The normalized spacial score (nSPS) is 19.2. The quantitative estimate of drug-likeness (QED) is 0.220. The van der Waals surface area contributed by atoms with E-state index < -0.39 is 5.60 Å². The predicted octanol–water partition coefficient (Wildman–Crippen LogP) is 5.56. The zero-order chi connectivity index (χ0) is 28.0. The molecule has 10 nitrogen and oxygen atoms in total. The van der Waals surface area contributed by atoms with Gasteiger partial charge in [0.2, 0.25) is 11.8 Å². The van der Waals surface area contributed by atoms with Crippen LogP contribution in [0.25, 0.3) is 33.3 Å². The minimum absolute atomic E-state index is 0.0816. The second-order valence-electron chi connectivity index (χ2n) is 10.7. The number of benzene rings is 2. The van der Waals surface area contributed by atoms with Crippen LogP contribution >= 0.6 is 0 Å². The molecule has 0 saturated heterocycles. The highest BCUT2D eigenvalue weighted by Gasteiger charge is 2.31. The summed E-state index contributed by atoms with van der Waals surface area (Å²) in [4.78, 5) is 29.3. The van der Waals surface area contributed by atoms with Gasteiger partial charge in [0.05, 0.1) is 11.0 Å². The van der Waals surface area contributed by atoms with E-state index in [1.807, 2.05) is 57.3 Å². The number of aromatic amines is 1. The van der Waals surface area contributed by atoms with Crippen LogP contribution in [-0.2, 0) is 0 Å². The van der Waals surface area contributed by atoms with Gasteiger partial charge in [0.25, 0.3) is 5.91 Å². The SMILES string of the molecule is CNC(=O)c1ccc(Nc2nc(O[C@H]3CC[C@](C)(O)CC3)c3c(-c4ccc5nc(C)oc5c4)c[nH]c3n2)c(C)c1. The molecule has 10 heteroatoms. The molecule has 206 valence electrons. The highest BCUT2D eigenvalue weighted by Crippen LogP contribution is 2.38. The molecule has 0 radical (unpaired) electrons. The number of ether oxygens (including phenoxy) is 1. The van der Waals surface area contributed by atoms with Gasteiger partial charge in [0.15, 0.2) is 11.5 Å². The molecule has 1 aliphatic rings.